The van der Waals surface area contributed by atoms with Gasteiger partial charge in [-0.1, -0.05) is 51.8 Å². The monoisotopic (exact) mass is 676 g/mol. The fourth-order valence-electron chi connectivity index (χ4n) is 5.51. The second-order valence-corrected chi connectivity index (χ2v) is 13.3. The van der Waals surface area contributed by atoms with Crippen molar-refractivity contribution in [1.82, 2.24) is 29.3 Å². The van der Waals surface area contributed by atoms with E-state index in [1.807, 2.05) is 0 Å². The van der Waals surface area contributed by atoms with Crippen molar-refractivity contribution < 1.29 is 27.3 Å². The van der Waals surface area contributed by atoms with E-state index in [0.717, 1.165) is 16.5 Å². The Hall–Kier alpha value is -4.40. The molecule has 1 fully saturated rings. The van der Waals surface area contributed by atoms with Gasteiger partial charge in [-0.2, -0.15) is 9.29 Å². The first-order chi connectivity index (χ1) is 21.3. The first-order valence-corrected chi connectivity index (χ1v) is 16.2. The summed E-state index contributed by atoms with van der Waals surface area (Å²) in [6.07, 6.45) is 2.06. The van der Waals surface area contributed by atoms with Crippen LogP contribution in [0.25, 0.3) is 11.0 Å². The summed E-state index contributed by atoms with van der Waals surface area (Å²) < 4.78 is 40.7. The lowest BCUT2D eigenvalue weighted by Gasteiger charge is -2.31. The van der Waals surface area contributed by atoms with Gasteiger partial charge in [0.05, 0.1) is 34.7 Å². The molecule has 2 aliphatic rings. The zero-order valence-electron chi connectivity index (χ0n) is 23.1. The summed E-state index contributed by atoms with van der Waals surface area (Å²) in [5, 5.41) is 3.96. The second kappa shape index (κ2) is 11.3. The van der Waals surface area contributed by atoms with Crippen molar-refractivity contribution in [1.29, 1.82) is 0 Å². The summed E-state index contributed by atoms with van der Waals surface area (Å²) in [5.74, 6) is 0.365. The summed E-state index contributed by atoms with van der Waals surface area (Å²) in [5.41, 5.74) is 2.75. The molecule has 3 aromatic carbocycles. The molecule has 0 aliphatic carbocycles. The number of ether oxygens (including phenoxy) is 1. The Morgan fingerprint density at radius 2 is 1.73 bits per heavy atom. The van der Waals surface area contributed by atoms with Gasteiger partial charge in [-0.05, 0) is 60.9 Å². The van der Waals surface area contributed by atoms with Crippen molar-refractivity contribution in [3.63, 3.8) is 0 Å². The lowest BCUT2D eigenvalue weighted by Crippen LogP contribution is -2.39. The Balaban J connectivity index is 1.01. The molecule has 4 heterocycles. The number of piperidine rings is 1. The average molecular weight is 678 g/mol. The van der Waals surface area contributed by atoms with Gasteiger partial charge in [0.25, 0.3) is 27.7 Å². The number of hydrogen-bond donors (Lipinski definition) is 1. The summed E-state index contributed by atoms with van der Waals surface area (Å²) in [4.78, 5) is 38.3. The quantitative estimate of drug-likeness (QED) is 0.224. The molecule has 14 heteroatoms. The van der Waals surface area contributed by atoms with E-state index in [2.05, 4.69) is 36.0 Å². The van der Waals surface area contributed by atoms with E-state index in [9.17, 15) is 18.0 Å². The standard InChI is InChI=1S/C30H25BrN6O6S/c31-19-10-13-23-24(15-19)33-30(32-23)44(40,41)37-14-4-3-7-25(37)27-34-26(43-35-27)17-42-20-11-8-18(9-12-20)16-36-28(38)21-5-1-2-6-22(21)29(36)39/h1-2,5-6,8-13,15,25H,3-4,7,14,16-17H2,(H,32,33)/t25-/m0/s1. The van der Waals surface area contributed by atoms with Crippen molar-refractivity contribution in [2.45, 2.75) is 43.6 Å². The van der Waals surface area contributed by atoms with Crippen molar-refractivity contribution in [3.8, 4) is 5.75 Å². The summed E-state index contributed by atoms with van der Waals surface area (Å²) in [6.45, 7) is 0.426. The van der Waals surface area contributed by atoms with E-state index < -0.39 is 16.1 Å². The maximum Gasteiger partial charge on any atom is 0.277 e. The number of sulfonamides is 1. The molecule has 0 bridgehead atoms. The molecule has 2 amide bonds. The number of rotatable bonds is 8. The smallest absolute Gasteiger partial charge is 0.277 e. The van der Waals surface area contributed by atoms with Gasteiger partial charge in [-0.25, -0.2) is 13.4 Å². The number of carbonyl (C=O) groups is 2. The Morgan fingerprint density at radius 1 is 0.977 bits per heavy atom. The molecule has 0 saturated carbocycles. The van der Waals surface area contributed by atoms with Gasteiger partial charge in [-0.15, -0.1) is 0 Å². The molecule has 7 rings (SSSR count). The van der Waals surface area contributed by atoms with Crippen LogP contribution >= 0.6 is 15.9 Å². The minimum absolute atomic E-state index is 0.0251. The maximum absolute atomic E-state index is 13.6. The zero-order valence-corrected chi connectivity index (χ0v) is 25.5. The molecule has 2 aliphatic heterocycles. The second-order valence-electron chi connectivity index (χ2n) is 10.6. The predicted octanol–water partition coefficient (Wildman–Crippen LogP) is 5.00. The van der Waals surface area contributed by atoms with Gasteiger partial charge in [0.15, 0.2) is 12.4 Å². The van der Waals surface area contributed by atoms with Crippen molar-refractivity contribution in [2.75, 3.05) is 6.54 Å². The zero-order chi connectivity index (χ0) is 30.4. The molecular formula is C30H25BrN6O6S. The molecule has 224 valence electrons. The summed E-state index contributed by atoms with van der Waals surface area (Å²) in [7, 11) is -3.96. The van der Waals surface area contributed by atoms with Crippen LogP contribution in [0.2, 0.25) is 0 Å². The van der Waals surface area contributed by atoms with Gasteiger partial charge in [0.2, 0.25) is 5.16 Å². The number of fused-ring (bicyclic) bond motifs is 2. The lowest BCUT2D eigenvalue weighted by atomic mass is 10.0. The first-order valence-electron chi connectivity index (χ1n) is 13.9. The van der Waals surface area contributed by atoms with Crippen molar-refractivity contribution >= 4 is 48.8 Å². The number of hydrogen-bond acceptors (Lipinski definition) is 9. The van der Waals surface area contributed by atoms with Crippen molar-refractivity contribution in [3.05, 3.63) is 99.6 Å². The minimum Gasteiger partial charge on any atom is -0.484 e. The molecule has 0 radical (unpaired) electrons. The number of imidazole rings is 1. The number of aromatic nitrogens is 4. The molecular weight excluding hydrogens is 652 g/mol. The molecule has 0 unspecified atom stereocenters. The lowest BCUT2D eigenvalue weighted by molar-refractivity contribution is 0.0642. The number of nitrogens with zero attached hydrogens (tertiary/aromatic N) is 5. The third-order valence-electron chi connectivity index (χ3n) is 7.72. The highest BCUT2D eigenvalue weighted by atomic mass is 79.9. The number of aromatic amines is 1. The van der Waals surface area contributed by atoms with Crippen LogP contribution in [0.4, 0.5) is 0 Å². The molecule has 2 aromatic heterocycles. The number of amides is 2. The summed E-state index contributed by atoms with van der Waals surface area (Å²) >= 11 is 3.40. The molecule has 0 spiro atoms. The number of H-pyrrole nitrogens is 1. The number of benzene rings is 3. The van der Waals surface area contributed by atoms with Crippen LogP contribution in [-0.2, 0) is 23.2 Å². The van der Waals surface area contributed by atoms with Crippen LogP contribution in [0.15, 0.2) is 80.9 Å². The van der Waals surface area contributed by atoms with E-state index in [1.165, 1.54) is 9.21 Å². The molecule has 5 aromatic rings. The van der Waals surface area contributed by atoms with Crippen LogP contribution in [0.5, 0.6) is 5.75 Å². The van der Waals surface area contributed by atoms with E-state index in [-0.39, 0.29) is 41.8 Å². The van der Waals surface area contributed by atoms with Gasteiger partial charge in [0, 0.05) is 11.0 Å². The topological polar surface area (TPSA) is 152 Å². The average Bonchev–Trinajstić information content (AvgIpc) is 3.75. The highest BCUT2D eigenvalue weighted by molar-refractivity contribution is 9.10. The van der Waals surface area contributed by atoms with Gasteiger partial charge in [0.1, 0.15) is 5.75 Å². The fourth-order valence-corrected chi connectivity index (χ4v) is 7.45. The van der Waals surface area contributed by atoms with E-state index in [1.54, 1.807) is 66.7 Å². The number of carbonyl (C=O) groups excluding carboxylic acids is 2. The maximum atomic E-state index is 13.6. The molecule has 1 N–H and O–H groups in total. The van der Waals surface area contributed by atoms with Crippen LogP contribution in [0.1, 0.15) is 63.3 Å². The number of halogens is 1. The normalized spacial score (nSPS) is 17.4. The van der Waals surface area contributed by atoms with E-state index in [0.29, 0.717) is 47.3 Å². The van der Waals surface area contributed by atoms with Crippen LogP contribution in [-0.4, -0.2) is 56.1 Å². The summed E-state index contributed by atoms with van der Waals surface area (Å²) in [6, 6.07) is 18.5. The number of nitrogens with one attached hydrogen (secondary N) is 1. The van der Waals surface area contributed by atoms with Crippen LogP contribution < -0.4 is 4.74 Å². The van der Waals surface area contributed by atoms with Gasteiger partial charge in [-0.3, -0.25) is 14.5 Å². The largest absolute Gasteiger partial charge is 0.484 e. The number of imide groups is 1. The third kappa shape index (κ3) is 5.18. The van der Waals surface area contributed by atoms with E-state index in [4.69, 9.17) is 9.26 Å². The molecule has 1 saturated heterocycles. The Morgan fingerprint density at radius 3 is 2.48 bits per heavy atom. The minimum atomic E-state index is -3.96. The van der Waals surface area contributed by atoms with E-state index >= 15 is 0 Å². The third-order valence-corrected chi connectivity index (χ3v) is 9.95. The van der Waals surface area contributed by atoms with Crippen LogP contribution in [0.3, 0.4) is 0 Å². The Bertz CT molecular complexity index is 1970. The van der Waals surface area contributed by atoms with Gasteiger partial charge >= 0.3 is 0 Å². The fraction of sp³-hybridized carbons (Fsp3) is 0.233. The SMILES string of the molecule is O=C1c2ccccc2C(=O)N1Cc1ccc(OCc2nc([C@@H]3CCCCN3S(=O)(=O)c3nc4ccc(Br)cc4[nH]3)no2)cc1. The first kappa shape index (κ1) is 28.4. The highest BCUT2D eigenvalue weighted by Gasteiger charge is 2.39. The Kier molecular flexibility index (Phi) is 7.26. The molecule has 1 atom stereocenters. The highest BCUT2D eigenvalue weighted by Crippen LogP contribution is 2.34. The predicted molar refractivity (Wildman–Crippen MR) is 160 cm³/mol. The van der Waals surface area contributed by atoms with Crippen LogP contribution in [0, 0.1) is 0 Å². The van der Waals surface area contributed by atoms with Crippen molar-refractivity contribution in [2.24, 2.45) is 0 Å². The van der Waals surface area contributed by atoms with Gasteiger partial charge < -0.3 is 14.2 Å². The molecule has 12 nitrogen and oxygen atoms in total. The Labute approximate surface area is 260 Å². The molecule has 44 heavy (non-hydrogen) atoms.